The maximum atomic E-state index is 8.67. The maximum Gasteiger partial charge on any atom is 0.122 e. The van der Waals surface area contributed by atoms with E-state index in [1.807, 2.05) is 32.0 Å². The third-order valence-electron chi connectivity index (χ3n) is 2.22. The van der Waals surface area contributed by atoms with Crippen molar-refractivity contribution in [3.63, 3.8) is 0 Å². The molecule has 0 aromatic heterocycles. The van der Waals surface area contributed by atoms with E-state index in [1.54, 1.807) is 6.92 Å². The molecule has 0 bridgehead atoms. The first-order chi connectivity index (χ1) is 7.54. The largest absolute Gasteiger partial charge is 0.489 e. The number of rotatable bonds is 4. The van der Waals surface area contributed by atoms with Gasteiger partial charge in [-0.05, 0) is 55.7 Å². The van der Waals surface area contributed by atoms with E-state index in [9.17, 15) is 0 Å². The first kappa shape index (κ1) is 12.3. The second kappa shape index (κ2) is 5.35. The minimum atomic E-state index is 0.521. The van der Waals surface area contributed by atoms with Gasteiger partial charge in [0.05, 0.1) is 5.71 Å². The molecular formula is C13H17NO2. The van der Waals surface area contributed by atoms with Crippen LogP contribution in [-0.4, -0.2) is 17.5 Å². The summed E-state index contributed by atoms with van der Waals surface area (Å²) < 4.78 is 5.56. The summed E-state index contributed by atoms with van der Waals surface area (Å²) in [6, 6.07) is 5.68. The van der Waals surface area contributed by atoms with E-state index >= 15 is 0 Å². The Kier molecular flexibility index (Phi) is 4.11. The van der Waals surface area contributed by atoms with Crippen molar-refractivity contribution in [3.05, 3.63) is 41.5 Å². The minimum Gasteiger partial charge on any atom is -0.489 e. The zero-order valence-corrected chi connectivity index (χ0v) is 9.95. The van der Waals surface area contributed by atoms with E-state index < -0.39 is 0 Å². The molecule has 0 saturated carbocycles. The zero-order chi connectivity index (χ0) is 12.1. The lowest BCUT2D eigenvalue weighted by Gasteiger charge is -2.10. The molecule has 1 aromatic carbocycles. The van der Waals surface area contributed by atoms with E-state index in [2.05, 4.69) is 11.7 Å². The summed E-state index contributed by atoms with van der Waals surface area (Å²) in [6.45, 7) is 9.94. The normalized spacial score (nSPS) is 11.3. The average molecular weight is 219 g/mol. The van der Waals surface area contributed by atoms with Crippen LogP contribution in [0.1, 0.15) is 25.0 Å². The molecule has 0 saturated heterocycles. The van der Waals surface area contributed by atoms with Gasteiger partial charge in [-0.25, -0.2) is 0 Å². The number of hydrogen-bond acceptors (Lipinski definition) is 3. The molecule has 1 N–H and O–H groups in total. The molecule has 0 aliphatic heterocycles. The Bertz CT molecular complexity index is 422. The van der Waals surface area contributed by atoms with E-state index in [-0.39, 0.29) is 0 Å². The van der Waals surface area contributed by atoms with Crippen molar-refractivity contribution >= 4 is 5.71 Å². The number of benzene rings is 1. The number of nitrogens with zero attached hydrogens (tertiary/aromatic N) is 1. The molecular weight excluding hydrogens is 202 g/mol. The Morgan fingerprint density at radius 3 is 2.62 bits per heavy atom. The maximum absolute atomic E-state index is 8.67. The van der Waals surface area contributed by atoms with Crippen molar-refractivity contribution in [3.8, 4) is 5.75 Å². The van der Waals surface area contributed by atoms with Crippen LogP contribution in [0, 0.1) is 6.92 Å². The molecule has 16 heavy (non-hydrogen) atoms. The molecule has 0 heterocycles. The van der Waals surface area contributed by atoms with Gasteiger partial charge < -0.3 is 9.94 Å². The summed E-state index contributed by atoms with van der Waals surface area (Å²) in [5.74, 6) is 0.831. The molecule has 0 unspecified atom stereocenters. The van der Waals surface area contributed by atoms with Crippen LogP contribution in [-0.2, 0) is 0 Å². The first-order valence-corrected chi connectivity index (χ1v) is 5.11. The summed E-state index contributed by atoms with van der Waals surface area (Å²) in [6.07, 6.45) is 0. The van der Waals surface area contributed by atoms with Gasteiger partial charge in [-0.3, -0.25) is 0 Å². The van der Waals surface area contributed by atoms with Gasteiger partial charge >= 0.3 is 0 Å². The Hall–Kier alpha value is -1.77. The van der Waals surface area contributed by atoms with Crippen LogP contribution in [0.4, 0.5) is 0 Å². The van der Waals surface area contributed by atoms with Crippen LogP contribution in [0.3, 0.4) is 0 Å². The fourth-order valence-electron chi connectivity index (χ4n) is 1.30. The van der Waals surface area contributed by atoms with Crippen molar-refractivity contribution in [1.29, 1.82) is 0 Å². The summed E-state index contributed by atoms with van der Waals surface area (Å²) in [5, 5.41) is 11.8. The van der Waals surface area contributed by atoms with Crippen LogP contribution in [0.25, 0.3) is 0 Å². The molecule has 0 spiro atoms. The summed E-state index contributed by atoms with van der Waals surface area (Å²) in [7, 11) is 0. The highest BCUT2D eigenvalue weighted by atomic mass is 16.5. The van der Waals surface area contributed by atoms with E-state index in [0.29, 0.717) is 12.3 Å². The van der Waals surface area contributed by atoms with E-state index in [4.69, 9.17) is 9.94 Å². The Morgan fingerprint density at radius 2 is 2.12 bits per heavy atom. The van der Waals surface area contributed by atoms with Gasteiger partial charge in [-0.2, -0.15) is 0 Å². The van der Waals surface area contributed by atoms with Crippen LogP contribution in [0.5, 0.6) is 5.75 Å². The second-order valence-electron chi connectivity index (χ2n) is 3.91. The predicted octanol–water partition coefficient (Wildman–Crippen LogP) is 3.15. The molecule has 1 aromatic rings. The molecule has 0 fully saturated rings. The molecule has 3 heteroatoms. The summed E-state index contributed by atoms with van der Waals surface area (Å²) >= 11 is 0. The smallest absolute Gasteiger partial charge is 0.122 e. The highest BCUT2D eigenvalue weighted by molar-refractivity contribution is 5.98. The van der Waals surface area contributed by atoms with Crippen LogP contribution in [0.2, 0.25) is 0 Å². The standard InChI is InChI=1S/C13H17NO2/c1-9(2)8-16-13-6-5-12(7-10(13)3)11(4)14-15/h5-7,15H,1,8H2,2-4H3/b14-11+. The monoisotopic (exact) mass is 219 g/mol. The van der Waals surface area contributed by atoms with Gasteiger partial charge in [0.25, 0.3) is 0 Å². The van der Waals surface area contributed by atoms with E-state index in [1.165, 1.54) is 0 Å². The molecule has 0 radical (unpaired) electrons. The van der Waals surface area contributed by atoms with Crippen molar-refractivity contribution < 1.29 is 9.94 Å². The fraction of sp³-hybridized carbons (Fsp3) is 0.308. The van der Waals surface area contributed by atoms with Gasteiger partial charge in [-0.15, -0.1) is 0 Å². The quantitative estimate of drug-likeness (QED) is 0.366. The lowest BCUT2D eigenvalue weighted by Crippen LogP contribution is -2.01. The molecule has 0 atom stereocenters. The molecule has 1 rings (SSSR count). The summed E-state index contributed by atoms with van der Waals surface area (Å²) in [5.41, 5.74) is 3.48. The molecule has 0 aliphatic carbocycles. The number of aryl methyl sites for hydroxylation is 1. The van der Waals surface area contributed by atoms with Crippen molar-refractivity contribution in [2.45, 2.75) is 20.8 Å². The van der Waals surface area contributed by atoms with Crippen LogP contribution >= 0.6 is 0 Å². The number of oxime groups is 1. The zero-order valence-electron chi connectivity index (χ0n) is 9.95. The molecule has 3 nitrogen and oxygen atoms in total. The van der Waals surface area contributed by atoms with Gasteiger partial charge in [0.1, 0.15) is 12.4 Å². The van der Waals surface area contributed by atoms with Crippen LogP contribution < -0.4 is 4.74 Å². The van der Waals surface area contributed by atoms with E-state index in [0.717, 1.165) is 22.4 Å². The van der Waals surface area contributed by atoms with Gasteiger partial charge in [0.2, 0.25) is 0 Å². The Balaban J connectivity index is 2.87. The van der Waals surface area contributed by atoms with Crippen molar-refractivity contribution in [1.82, 2.24) is 0 Å². The predicted molar refractivity (Wildman–Crippen MR) is 65.5 cm³/mol. The third-order valence-corrected chi connectivity index (χ3v) is 2.22. The SMILES string of the molecule is C=C(C)COc1ccc(/C(C)=N/O)cc1C. The highest BCUT2D eigenvalue weighted by Gasteiger charge is 2.03. The number of ether oxygens (including phenoxy) is 1. The fourth-order valence-corrected chi connectivity index (χ4v) is 1.30. The van der Waals surface area contributed by atoms with Gasteiger partial charge in [-0.1, -0.05) is 11.7 Å². The Labute approximate surface area is 96.1 Å². The van der Waals surface area contributed by atoms with Gasteiger partial charge in [0.15, 0.2) is 0 Å². The first-order valence-electron chi connectivity index (χ1n) is 5.11. The topological polar surface area (TPSA) is 41.8 Å². The average Bonchev–Trinajstić information content (AvgIpc) is 2.26. The highest BCUT2D eigenvalue weighted by Crippen LogP contribution is 2.20. The van der Waals surface area contributed by atoms with Crippen molar-refractivity contribution in [2.24, 2.45) is 5.16 Å². The lowest BCUT2D eigenvalue weighted by atomic mass is 10.1. The molecule has 86 valence electrons. The Morgan fingerprint density at radius 1 is 1.44 bits per heavy atom. The summed E-state index contributed by atoms with van der Waals surface area (Å²) in [4.78, 5) is 0. The molecule has 0 aliphatic rings. The van der Waals surface area contributed by atoms with Gasteiger partial charge in [0, 0.05) is 0 Å². The third kappa shape index (κ3) is 3.12. The van der Waals surface area contributed by atoms with Crippen molar-refractivity contribution in [2.75, 3.05) is 6.61 Å². The minimum absolute atomic E-state index is 0.521. The number of hydrogen-bond donors (Lipinski definition) is 1. The lowest BCUT2D eigenvalue weighted by molar-refractivity contribution is 0.319. The molecule has 0 amide bonds. The van der Waals surface area contributed by atoms with Crippen LogP contribution in [0.15, 0.2) is 35.5 Å². The second-order valence-corrected chi connectivity index (χ2v) is 3.91.